The second kappa shape index (κ2) is 16.0. The summed E-state index contributed by atoms with van der Waals surface area (Å²) in [5.41, 5.74) is 1.80. The summed E-state index contributed by atoms with van der Waals surface area (Å²) >= 11 is 0. The number of rotatable bonds is 10. The van der Waals surface area contributed by atoms with Gasteiger partial charge in [-0.2, -0.15) is 0 Å². The zero-order chi connectivity index (χ0) is 31.5. The first-order chi connectivity index (χ1) is 20.5. The van der Waals surface area contributed by atoms with Crippen LogP contribution < -0.4 is 16.0 Å². The summed E-state index contributed by atoms with van der Waals surface area (Å²) in [5.74, 6) is -2.48. The van der Waals surface area contributed by atoms with E-state index in [1.165, 1.54) is 6.92 Å². The maximum atomic E-state index is 13.4. The average Bonchev–Trinajstić information content (AvgIpc) is 3.01. The number of unbranched alkanes of at least 4 members (excludes halogenated alkanes) is 1. The number of carbonyl (C=O) groups excluding carboxylic acids is 5. The quantitative estimate of drug-likeness (QED) is 0.282. The van der Waals surface area contributed by atoms with E-state index in [2.05, 4.69) is 22.9 Å². The summed E-state index contributed by atoms with van der Waals surface area (Å²) in [6.45, 7) is 9.31. The monoisotopic (exact) mass is 591 g/mol. The number of benzene rings is 2. The molecular weight excluding hydrogens is 546 g/mol. The van der Waals surface area contributed by atoms with Crippen LogP contribution in [0.3, 0.4) is 0 Å². The van der Waals surface area contributed by atoms with Gasteiger partial charge in [0.05, 0.1) is 6.42 Å². The van der Waals surface area contributed by atoms with Crippen molar-refractivity contribution in [2.45, 2.75) is 97.4 Å². The average molecular weight is 592 g/mol. The lowest BCUT2D eigenvalue weighted by Gasteiger charge is -2.29. The van der Waals surface area contributed by atoms with Gasteiger partial charge >= 0.3 is 5.97 Å². The Hall–Kier alpha value is -4.01. The largest absolute Gasteiger partial charge is 0.460 e. The van der Waals surface area contributed by atoms with Gasteiger partial charge in [-0.3, -0.25) is 19.2 Å². The van der Waals surface area contributed by atoms with E-state index in [0.717, 1.165) is 24.8 Å². The second-order valence-electron chi connectivity index (χ2n) is 11.6. The summed E-state index contributed by atoms with van der Waals surface area (Å²) in [6.07, 6.45) is 2.56. The third kappa shape index (κ3) is 9.49. The van der Waals surface area contributed by atoms with Gasteiger partial charge in [0, 0.05) is 17.5 Å². The molecule has 3 amide bonds. The van der Waals surface area contributed by atoms with Crippen molar-refractivity contribution in [2.24, 2.45) is 11.8 Å². The van der Waals surface area contributed by atoms with E-state index in [9.17, 15) is 24.0 Å². The molecule has 0 unspecified atom stereocenters. The molecule has 0 aromatic heterocycles. The molecule has 1 saturated heterocycles. The molecule has 2 aromatic rings. The fourth-order valence-electron chi connectivity index (χ4n) is 5.05. The SMILES string of the molecule is CCCC[C@H](C)[C@@H]1CC(=O)N[C@@H](Cc2ccc(C(=O)c3ccccc3)cc2)C(=O)N[C@@H](C)C(=O)N[C@H]([C@@H](C)CC)C(=O)O1. The van der Waals surface area contributed by atoms with Crippen LogP contribution in [0.2, 0.25) is 0 Å². The van der Waals surface area contributed by atoms with Crippen molar-refractivity contribution >= 4 is 29.5 Å². The summed E-state index contributed by atoms with van der Waals surface area (Å²) in [7, 11) is 0. The lowest BCUT2D eigenvalue weighted by Crippen LogP contribution is -2.55. The van der Waals surface area contributed by atoms with Crippen LogP contribution in [0.4, 0.5) is 0 Å². The zero-order valence-corrected chi connectivity index (χ0v) is 25.9. The fraction of sp³-hybridized carbons (Fsp3) is 0.500. The van der Waals surface area contributed by atoms with Gasteiger partial charge in [0.15, 0.2) is 5.78 Å². The predicted molar refractivity (Wildman–Crippen MR) is 164 cm³/mol. The van der Waals surface area contributed by atoms with E-state index < -0.39 is 47.9 Å². The van der Waals surface area contributed by atoms with Gasteiger partial charge in [0.2, 0.25) is 17.7 Å². The number of amides is 3. The van der Waals surface area contributed by atoms with Crippen LogP contribution in [-0.2, 0) is 30.3 Å². The van der Waals surface area contributed by atoms with Crippen LogP contribution >= 0.6 is 0 Å². The molecule has 1 aliphatic rings. The molecule has 0 bridgehead atoms. The number of ketones is 1. The van der Waals surface area contributed by atoms with E-state index in [-0.39, 0.29) is 30.5 Å². The van der Waals surface area contributed by atoms with Crippen molar-refractivity contribution in [3.63, 3.8) is 0 Å². The van der Waals surface area contributed by atoms with E-state index >= 15 is 0 Å². The summed E-state index contributed by atoms with van der Waals surface area (Å²) < 4.78 is 5.91. The minimum absolute atomic E-state index is 0.103. The van der Waals surface area contributed by atoms with Gasteiger partial charge in [0.1, 0.15) is 24.2 Å². The first kappa shape index (κ1) is 33.5. The molecule has 2 aromatic carbocycles. The van der Waals surface area contributed by atoms with Crippen LogP contribution in [0.1, 0.15) is 88.2 Å². The third-order valence-electron chi connectivity index (χ3n) is 8.16. The fourth-order valence-corrected chi connectivity index (χ4v) is 5.05. The molecule has 9 nitrogen and oxygen atoms in total. The highest BCUT2D eigenvalue weighted by Crippen LogP contribution is 2.21. The molecule has 6 atom stereocenters. The molecule has 1 heterocycles. The zero-order valence-electron chi connectivity index (χ0n) is 25.9. The molecule has 3 N–H and O–H groups in total. The van der Waals surface area contributed by atoms with Crippen molar-refractivity contribution in [1.29, 1.82) is 0 Å². The van der Waals surface area contributed by atoms with E-state index in [1.807, 2.05) is 26.8 Å². The Kier molecular flexibility index (Phi) is 12.5. The number of nitrogens with one attached hydrogen (secondary N) is 3. The highest BCUT2D eigenvalue weighted by atomic mass is 16.5. The van der Waals surface area contributed by atoms with Gasteiger partial charge in [-0.25, -0.2) is 4.79 Å². The summed E-state index contributed by atoms with van der Waals surface area (Å²) in [4.78, 5) is 66.0. The molecule has 0 radical (unpaired) electrons. The Balaban J connectivity index is 1.86. The standard InChI is InChI=1S/C34H45N3O6/c1-6-8-12-22(4)28-20-29(38)36-27(19-24-15-17-26(18-16-24)31(39)25-13-10-9-11-14-25)33(41)35-23(5)32(40)37-30(21(3)7-2)34(42)43-28/h9-11,13-18,21-23,27-28,30H,6-8,12,19-20H2,1-5H3,(H,35,41)(H,36,38)(H,37,40)/t21-,22-,23-,27-,28-,30+/m0/s1. The number of hydrogen-bond donors (Lipinski definition) is 3. The van der Waals surface area contributed by atoms with Gasteiger partial charge in [-0.05, 0) is 30.7 Å². The minimum atomic E-state index is -0.994. The molecule has 9 heteroatoms. The maximum Gasteiger partial charge on any atom is 0.329 e. The van der Waals surface area contributed by atoms with Crippen LogP contribution in [0, 0.1) is 11.8 Å². The Morgan fingerprint density at radius 1 is 0.860 bits per heavy atom. The van der Waals surface area contributed by atoms with Gasteiger partial charge in [0.25, 0.3) is 0 Å². The van der Waals surface area contributed by atoms with E-state index in [1.54, 1.807) is 48.5 Å². The molecule has 3 rings (SSSR count). The van der Waals surface area contributed by atoms with Crippen LogP contribution in [-0.4, -0.2) is 53.7 Å². The number of esters is 1. The lowest BCUT2D eigenvalue weighted by molar-refractivity contribution is -0.158. The maximum absolute atomic E-state index is 13.4. The van der Waals surface area contributed by atoms with Crippen molar-refractivity contribution in [1.82, 2.24) is 16.0 Å². The lowest BCUT2D eigenvalue weighted by atomic mass is 9.94. The number of ether oxygens (including phenoxy) is 1. The van der Waals surface area contributed by atoms with Crippen LogP contribution in [0.5, 0.6) is 0 Å². The van der Waals surface area contributed by atoms with Crippen LogP contribution in [0.15, 0.2) is 54.6 Å². The molecule has 43 heavy (non-hydrogen) atoms. The molecule has 232 valence electrons. The second-order valence-corrected chi connectivity index (χ2v) is 11.6. The molecule has 0 aliphatic carbocycles. The minimum Gasteiger partial charge on any atom is -0.460 e. The van der Waals surface area contributed by atoms with Crippen molar-refractivity contribution < 1.29 is 28.7 Å². The van der Waals surface area contributed by atoms with Crippen molar-refractivity contribution in [3.8, 4) is 0 Å². The Bertz CT molecular complexity index is 1260. The normalized spacial score (nSPS) is 23.3. The van der Waals surface area contributed by atoms with Gasteiger partial charge in [-0.1, -0.05) is 102 Å². The molecule has 0 saturated carbocycles. The summed E-state index contributed by atoms with van der Waals surface area (Å²) in [5, 5.41) is 8.27. The third-order valence-corrected chi connectivity index (χ3v) is 8.16. The Labute approximate surface area is 254 Å². The number of hydrogen-bond acceptors (Lipinski definition) is 6. The molecule has 1 aliphatic heterocycles. The molecular formula is C34H45N3O6. The highest BCUT2D eigenvalue weighted by molar-refractivity contribution is 6.09. The van der Waals surface area contributed by atoms with Gasteiger partial charge in [-0.15, -0.1) is 0 Å². The van der Waals surface area contributed by atoms with E-state index in [0.29, 0.717) is 17.5 Å². The first-order valence-corrected chi connectivity index (χ1v) is 15.3. The topological polar surface area (TPSA) is 131 Å². The van der Waals surface area contributed by atoms with E-state index in [4.69, 9.17) is 4.74 Å². The highest BCUT2D eigenvalue weighted by Gasteiger charge is 2.35. The smallest absolute Gasteiger partial charge is 0.329 e. The van der Waals surface area contributed by atoms with Crippen LogP contribution in [0.25, 0.3) is 0 Å². The predicted octanol–water partition coefficient (Wildman–Crippen LogP) is 4.12. The van der Waals surface area contributed by atoms with Crippen molar-refractivity contribution in [3.05, 3.63) is 71.3 Å². The summed E-state index contributed by atoms with van der Waals surface area (Å²) in [6, 6.07) is 13.0. The number of cyclic esters (lactones) is 1. The first-order valence-electron chi connectivity index (χ1n) is 15.3. The number of carbonyl (C=O) groups is 5. The molecule has 1 fully saturated rings. The van der Waals surface area contributed by atoms with Gasteiger partial charge < -0.3 is 20.7 Å². The Morgan fingerprint density at radius 3 is 2.14 bits per heavy atom. The van der Waals surface area contributed by atoms with Crippen molar-refractivity contribution in [2.75, 3.05) is 0 Å². The Morgan fingerprint density at radius 2 is 1.51 bits per heavy atom. The molecule has 0 spiro atoms.